The zero-order chi connectivity index (χ0) is 17.6. The third kappa shape index (κ3) is 4.62. The van der Waals surface area contributed by atoms with Gasteiger partial charge in [-0.25, -0.2) is 9.24 Å². The van der Waals surface area contributed by atoms with Crippen molar-refractivity contribution in [2.24, 2.45) is 0 Å². The van der Waals surface area contributed by atoms with E-state index in [0.717, 1.165) is 21.2 Å². The smallest absolute Gasteiger partial charge is 0.300 e. The summed E-state index contributed by atoms with van der Waals surface area (Å²) >= 11 is 3.45. The molecule has 0 saturated carbocycles. The van der Waals surface area contributed by atoms with Crippen molar-refractivity contribution in [1.29, 1.82) is 0 Å². The van der Waals surface area contributed by atoms with Crippen molar-refractivity contribution in [3.8, 4) is 0 Å². The minimum Gasteiger partial charge on any atom is -0.300 e. The third-order valence-corrected chi connectivity index (χ3v) is 6.02. The molecule has 24 heavy (non-hydrogen) atoms. The first-order valence-corrected chi connectivity index (χ1v) is 9.58. The first kappa shape index (κ1) is 19.0. The number of nitrogens with zero attached hydrogens (tertiary/aromatic N) is 2. The van der Waals surface area contributed by atoms with Crippen molar-refractivity contribution in [1.82, 2.24) is 9.65 Å². The maximum atomic E-state index is 12.4. The van der Waals surface area contributed by atoms with Crippen LogP contribution in [0.1, 0.15) is 11.1 Å². The average Bonchev–Trinajstić information content (AvgIpc) is 2.63. The molecule has 0 fully saturated rings. The number of pyridine rings is 1. The van der Waals surface area contributed by atoms with Crippen LogP contribution in [0.5, 0.6) is 0 Å². The molecule has 2 aromatic rings. The van der Waals surface area contributed by atoms with Gasteiger partial charge in [-0.1, -0.05) is 40.2 Å². The van der Waals surface area contributed by atoms with Crippen LogP contribution in [0.15, 0.2) is 59.3 Å². The maximum Gasteiger partial charge on any atom is 0.407 e. The van der Waals surface area contributed by atoms with Gasteiger partial charge in [0, 0.05) is 43.2 Å². The SMILES string of the molecule is COP(=O)(OC)N(C)CC=C(c1ccc(Br)cc1)c1cccnc1. The molecule has 0 unspecified atom stereocenters. The topological polar surface area (TPSA) is 51.7 Å². The summed E-state index contributed by atoms with van der Waals surface area (Å²) in [5.41, 5.74) is 3.03. The molecule has 5 nitrogen and oxygen atoms in total. The normalized spacial score (nSPS) is 12.6. The van der Waals surface area contributed by atoms with Crippen LogP contribution in [0, 0.1) is 0 Å². The van der Waals surface area contributed by atoms with Gasteiger partial charge in [-0.2, -0.15) is 0 Å². The van der Waals surface area contributed by atoms with Crippen LogP contribution >= 0.6 is 23.7 Å². The third-order valence-electron chi connectivity index (χ3n) is 3.57. The molecule has 0 saturated heterocycles. The summed E-state index contributed by atoms with van der Waals surface area (Å²) < 4.78 is 25.0. The molecule has 0 bridgehead atoms. The molecule has 0 spiro atoms. The number of hydrogen-bond donors (Lipinski definition) is 0. The van der Waals surface area contributed by atoms with E-state index >= 15 is 0 Å². The van der Waals surface area contributed by atoms with E-state index < -0.39 is 7.75 Å². The number of benzene rings is 1. The highest BCUT2D eigenvalue weighted by Gasteiger charge is 2.26. The van der Waals surface area contributed by atoms with Gasteiger partial charge in [-0.15, -0.1) is 0 Å². The summed E-state index contributed by atoms with van der Waals surface area (Å²) in [6, 6.07) is 11.9. The monoisotopic (exact) mass is 410 g/mol. The maximum absolute atomic E-state index is 12.4. The Kier molecular flexibility index (Phi) is 6.90. The molecular weight excluding hydrogens is 391 g/mol. The van der Waals surface area contributed by atoms with Crippen molar-refractivity contribution in [3.63, 3.8) is 0 Å². The second-order valence-corrected chi connectivity index (χ2v) is 8.31. The van der Waals surface area contributed by atoms with Crippen LogP contribution in [-0.4, -0.2) is 37.5 Å². The summed E-state index contributed by atoms with van der Waals surface area (Å²) in [7, 11) is 1.20. The highest BCUT2D eigenvalue weighted by molar-refractivity contribution is 9.10. The van der Waals surface area contributed by atoms with Gasteiger partial charge < -0.3 is 0 Å². The molecular formula is C17H20BrN2O3P. The van der Waals surface area contributed by atoms with E-state index in [1.807, 2.05) is 42.5 Å². The quantitative estimate of drug-likeness (QED) is 0.623. The van der Waals surface area contributed by atoms with E-state index in [9.17, 15) is 4.57 Å². The molecule has 1 heterocycles. The molecule has 2 rings (SSSR count). The summed E-state index contributed by atoms with van der Waals surface area (Å²) in [6.45, 7) is 0.402. The lowest BCUT2D eigenvalue weighted by molar-refractivity contribution is 0.226. The largest absolute Gasteiger partial charge is 0.407 e. The molecule has 0 atom stereocenters. The molecule has 7 heteroatoms. The zero-order valence-corrected chi connectivity index (χ0v) is 16.3. The predicted molar refractivity (Wildman–Crippen MR) is 99.7 cm³/mol. The van der Waals surface area contributed by atoms with Gasteiger partial charge in [0.05, 0.1) is 0 Å². The summed E-state index contributed by atoms with van der Waals surface area (Å²) in [5, 5.41) is 0. The second-order valence-electron chi connectivity index (χ2n) is 5.04. The van der Waals surface area contributed by atoms with Crippen molar-refractivity contribution < 1.29 is 13.6 Å². The van der Waals surface area contributed by atoms with Crippen LogP contribution in [0.2, 0.25) is 0 Å². The van der Waals surface area contributed by atoms with Gasteiger partial charge in [-0.3, -0.25) is 14.0 Å². The van der Waals surface area contributed by atoms with Gasteiger partial charge in [0.15, 0.2) is 0 Å². The highest BCUT2D eigenvalue weighted by atomic mass is 79.9. The van der Waals surface area contributed by atoms with Gasteiger partial charge in [-0.05, 0) is 36.4 Å². The highest BCUT2D eigenvalue weighted by Crippen LogP contribution is 2.49. The summed E-state index contributed by atoms with van der Waals surface area (Å²) in [4.78, 5) is 4.19. The molecule has 0 aliphatic rings. The van der Waals surface area contributed by atoms with E-state index in [1.54, 1.807) is 24.1 Å². The van der Waals surface area contributed by atoms with E-state index in [4.69, 9.17) is 9.05 Å². The predicted octanol–water partition coefficient (Wildman–Crippen LogP) is 4.61. The Balaban J connectivity index is 2.36. The van der Waals surface area contributed by atoms with Crippen molar-refractivity contribution in [3.05, 3.63) is 70.5 Å². The van der Waals surface area contributed by atoms with Crippen LogP contribution in [-0.2, 0) is 13.6 Å². The fourth-order valence-corrected chi connectivity index (χ4v) is 3.48. The number of rotatable bonds is 7. The number of likely N-dealkylation sites (N-methyl/N-ethyl adjacent to an activating group) is 1. The molecule has 0 radical (unpaired) electrons. The van der Waals surface area contributed by atoms with Gasteiger partial charge in [0.2, 0.25) is 0 Å². The molecule has 0 amide bonds. The van der Waals surface area contributed by atoms with Crippen molar-refractivity contribution in [2.75, 3.05) is 27.8 Å². The lowest BCUT2D eigenvalue weighted by Crippen LogP contribution is -2.17. The standard InChI is InChI=1S/C17H20BrN2O3P/c1-20(24(21,22-2)23-3)12-10-17(15-5-4-11-19-13-15)14-6-8-16(18)9-7-14/h4-11,13H,12H2,1-3H3. The number of hydrogen-bond acceptors (Lipinski definition) is 4. The van der Waals surface area contributed by atoms with E-state index in [2.05, 4.69) is 20.9 Å². The zero-order valence-electron chi connectivity index (χ0n) is 13.8. The molecule has 1 aromatic heterocycles. The minimum absolute atomic E-state index is 0.402. The van der Waals surface area contributed by atoms with Gasteiger partial charge in [0.1, 0.15) is 0 Å². The van der Waals surface area contributed by atoms with Crippen molar-refractivity contribution in [2.45, 2.75) is 0 Å². The van der Waals surface area contributed by atoms with Gasteiger partial charge in [0.25, 0.3) is 0 Å². The van der Waals surface area contributed by atoms with E-state index in [1.165, 1.54) is 14.2 Å². The van der Waals surface area contributed by atoms with Crippen molar-refractivity contribution >= 4 is 29.2 Å². The van der Waals surface area contributed by atoms with Gasteiger partial charge >= 0.3 is 7.75 Å². The first-order chi connectivity index (χ1) is 11.5. The molecule has 1 aromatic carbocycles. The Morgan fingerprint density at radius 3 is 2.42 bits per heavy atom. The fourth-order valence-electron chi connectivity index (χ4n) is 2.23. The Labute approximate surface area is 151 Å². The molecule has 0 aliphatic carbocycles. The number of aromatic nitrogens is 1. The van der Waals surface area contributed by atoms with E-state index in [-0.39, 0.29) is 0 Å². The van der Waals surface area contributed by atoms with Crippen LogP contribution in [0.25, 0.3) is 5.57 Å². The second kappa shape index (κ2) is 8.70. The lowest BCUT2D eigenvalue weighted by atomic mass is 9.99. The average molecular weight is 411 g/mol. The Bertz CT molecular complexity index is 727. The minimum atomic E-state index is -3.25. The van der Waals surface area contributed by atoms with E-state index in [0.29, 0.717) is 6.54 Å². The summed E-state index contributed by atoms with van der Waals surface area (Å²) in [5.74, 6) is 0. The Morgan fingerprint density at radius 2 is 1.88 bits per heavy atom. The first-order valence-electron chi connectivity index (χ1n) is 7.30. The van der Waals surface area contributed by atoms with Crippen LogP contribution in [0.3, 0.4) is 0 Å². The lowest BCUT2D eigenvalue weighted by Gasteiger charge is -2.23. The number of halogens is 1. The summed E-state index contributed by atoms with van der Waals surface area (Å²) in [6.07, 6.45) is 5.53. The Hall–Kier alpha value is -1.30. The fraction of sp³-hybridized carbons (Fsp3) is 0.235. The Morgan fingerprint density at radius 1 is 1.21 bits per heavy atom. The molecule has 128 valence electrons. The molecule has 0 aliphatic heterocycles. The van der Waals surface area contributed by atoms with Crippen LogP contribution in [0.4, 0.5) is 0 Å². The molecule has 0 N–H and O–H groups in total. The van der Waals surface area contributed by atoms with Crippen LogP contribution < -0.4 is 0 Å².